The third kappa shape index (κ3) is 5.94. The second kappa shape index (κ2) is 10.5. The molecule has 2 nitrogen and oxygen atoms in total. The molecule has 0 radical (unpaired) electrons. The second-order valence-electron chi connectivity index (χ2n) is 6.53. The van der Waals surface area contributed by atoms with Gasteiger partial charge in [-0.25, -0.2) is 9.97 Å². The molecule has 3 heteroatoms. The molecule has 1 aromatic heterocycles. The predicted molar refractivity (Wildman–Crippen MR) is 106 cm³/mol. The maximum atomic E-state index is 4.66. The number of aromatic nitrogens is 2. The molecule has 0 aliphatic rings. The Morgan fingerprint density at radius 3 is 2.17 bits per heavy atom. The maximum absolute atomic E-state index is 4.66. The highest BCUT2D eigenvalue weighted by molar-refractivity contribution is 7.80. The number of nitrogens with zero attached hydrogens (tertiary/aromatic N) is 2. The van der Waals surface area contributed by atoms with Crippen molar-refractivity contribution < 1.29 is 0 Å². The van der Waals surface area contributed by atoms with Crippen LogP contribution in [-0.4, -0.2) is 9.97 Å². The first-order valence-electron chi connectivity index (χ1n) is 9.37. The van der Waals surface area contributed by atoms with Crippen LogP contribution in [0.5, 0.6) is 0 Å². The molecular weight excluding hydrogens is 312 g/mol. The Balaban J connectivity index is 1.91. The summed E-state index contributed by atoms with van der Waals surface area (Å²) in [7, 11) is 0. The van der Waals surface area contributed by atoms with Crippen molar-refractivity contribution in [1.82, 2.24) is 9.97 Å². The van der Waals surface area contributed by atoms with Gasteiger partial charge in [-0.3, -0.25) is 0 Å². The zero-order valence-corrected chi connectivity index (χ0v) is 16.0. The lowest BCUT2D eigenvalue weighted by atomic mass is 10.0. The molecule has 0 fully saturated rings. The fourth-order valence-corrected chi connectivity index (χ4v) is 3.28. The molecular formula is C21H30N2S. The minimum Gasteiger partial charge on any atom is -0.236 e. The van der Waals surface area contributed by atoms with Gasteiger partial charge < -0.3 is 0 Å². The van der Waals surface area contributed by atoms with Gasteiger partial charge in [0.15, 0.2) is 5.82 Å². The van der Waals surface area contributed by atoms with Crippen molar-refractivity contribution in [1.29, 1.82) is 0 Å². The van der Waals surface area contributed by atoms with Crippen molar-refractivity contribution in [2.45, 2.75) is 76.5 Å². The van der Waals surface area contributed by atoms with E-state index < -0.39 is 0 Å². The van der Waals surface area contributed by atoms with Crippen molar-refractivity contribution in [3.63, 3.8) is 0 Å². The third-order valence-corrected chi connectivity index (χ3v) is 4.74. The summed E-state index contributed by atoms with van der Waals surface area (Å²) in [5.41, 5.74) is 3.58. The molecule has 1 aromatic carbocycles. The van der Waals surface area contributed by atoms with Crippen molar-refractivity contribution in [2.75, 3.05) is 0 Å². The van der Waals surface area contributed by atoms with Crippen LogP contribution in [0.1, 0.15) is 69.9 Å². The molecule has 0 unspecified atom stereocenters. The second-order valence-corrected chi connectivity index (χ2v) is 7.02. The van der Waals surface area contributed by atoms with E-state index in [0.29, 0.717) is 0 Å². The highest BCUT2D eigenvalue weighted by Gasteiger charge is 2.07. The number of hydrogen-bond donors (Lipinski definition) is 1. The van der Waals surface area contributed by atoms with Gasteiger partial charge in [0.1, 0.15) is 0 Å². The summed E-state index contributed by atoms with van der Waals surface area (Å²) >= 11 is 4.66. The minimum atomic E-state index is 0.769. The largest absolute Gasteiger partial charge is 0.236 e. The molecule has 0 aliphatic carbocycles. The van der Waals surface area contributed by atoms with Gasteiger partial charge in [-0.1, -0.05) is 58.4 Å². The Hall–Kier alpha value is -1.35. The molecule has 2 aromatic rings. The van der Waals surface area contributed by atoms with Crippen LogP contribution in [0.4, 0.5) is 0 Å². The van der Waals surface area contributed by atoms with Crippen molar-refractivity contribution in [3.05, 3.63) is 41.7 Å². The van der Waals surface area contributed by atoms with Crippen molar-refractivity contribution >= 4 is 12.6 Å². The van der Waals surface area contributed by atoms with E-state index in [2.05, 4.69) is 54.6 Å². The van der Waals surface area contributed by atoms with Gasteiger partial charge in [0.2, 0.25) is 0 Å². The van der Waals surface area contributed by atoms with Gasteiger partial charge in [-0.2, -0.15) is 0 Å². The highest BCUT2D eigenvalue weighted by Crippen LogP contribution is 2.25. The summed E-state index contributed by atoms with van der Waals surface area (Å²) in [6.07, 6.45) is 15.2. The average molecular weight is 343 g/mol. The molecule has 0 bridgehead atoms. The zero-order valence-electron chi connectivity index (χ0n) is 15.1. The molecule has 0 spiro atoms. The van der Waals surface area contributed by atoms with Gasteiger partial charge in [0.05, 0.1) is 0 Å². The lowest BCUT2D eigenvalue weighted by Gasteiger charge is -2.08. The van der Waals surface area contributed by atoms with E-state index in [9.17, 15) is 0 Å². The fraction of sp³-hybridized carbons (Fsp3) is 0.524. The lowest BCUT2D eigenvalue weighted by Crippen LogP contribution is -1.94. The Bertz CT molecular complexity index is 608. The summed E-state index contributed by atoms with van der Waals surface area (Å²) in [6.45, 7) is 4.43. The predicted octanol–water partition coefficient (Wildman–Crippen LogP) is 6.29. The van der Waals surface area contributed by atoms with E-state index in [1.165, 1.54) is 49.7 Å². The Labute approximate surface area is 152 Å². The molecule has 24 heavy (non-hydrogen) atoms. The number of unbranched alkanes of at least 4 members (excludes halogenated alkanes) is 5. The lowest BCUT2D eigenvalue weighted by molar-refractivity contribution is 0.607. The van der Waals surface area contributed by atoms with Gasteiger partial charge in [0, 0.05) is 22.9 Å². The minimum absolute atomic E-state index is 0.769. The van der Waals surface area contributed by atoms with Gasteiger partial charge >= 0.3 is 0 Å². The van der Waals surface area contributed by atoms with Crippen LogP contribution in [0, 0.1) is 0 Å². The van der Waals surface area contributed by atoms with Crippen LogP contribution in [0.3, 0.4) is 0 Å². The SMILES string of the molecule is CCCCCCCCc1ccc(-c2ncc(CCC)cn2)c(S)c1. The molecule has 0 N–H and O–H groups in total. The van der Waals surface area contributed by atoms with E-state index in [1.54, 1.807) is 0 Å². The number of thiol groups is 1. The Kier molecular flexibility index (Phi) is 8.31. The molecule has 2 rings (SSSR count). The number of aryl methyl sites for hydroxylation is 2. The molecule has 0 atom stereocenters. The summed E-state index contributed by atoms with van der Waals surface area (Å²) in [5.74, 6) is 0.769. The van der Waals surface area contributed by atoms with Crippen LogP contribution in [0.25, 0.3) is 11.4 Å². The number of benzene rings is 1. The topological polar surface area (TPSA) is 25.8 Å². The van der Waals surface area contributed by atoms with Gasteiger partial charge in [-0.05, 0) is 42.5 Å². The van der Waals surface area contributed by atoms with Crippen molar-refractivity contribution in [2.24, 2.45) is 0 Å². The molecule has 0 saturated carbocycles. The molecule has 1 heterocycles. The van der Waals surface area contributed by atoms with Crippen LogP contribution in [0.2, 0.25) is 0 Å². The smallest absolute Gasteiger partial charge is 0.160 e. The molecule has 0 saturated heterocycles. The Morgan fingerprint density at radius 1 is 0.792 bits per heavy atom. The first-order chi connectivity index (χ1) is 11.7. The van der Waals surface area contributed by atoms with E-state index >= 15 is 0 Å². The number of rotatable bonds is 10. The first kappa shape index (κ1) is 19.0. The van der Waals surface area contributed by atoms with Gasteiger partial charge in [-0.15, -0.1) is 12.6 Å². The summed E-state index contributed by atoms with van der Waals surface area (Å²) in [6, 6.07) is 6.49. The summed E-state index contributed by atoms with van der Waals surface area (Å²) in [4.78, 5) is 9.98. The van der Waals surface area contributed by atoms with Crippen LogP contribution in [0.15, 0.2) is 35.5 Å². The van der Waals surface area contributed by atoms with E-state index in [1.807, 2.05) is 12.4 Å². The first-order valence-corrected chi connectivity index (χ1v) is 9.82. The number of hydrogen-bond acceptors (Lipinski definition) is 3. The monoisotopic (exact) mass is 342 g/mol. The van der Waals surface area contributed by atoms with Crippen LogP contribution >= 0.6 is 12.6 Å². The fourth-order valence-electron chi connectivity index (χ4n) is 2.94. The quantitative estimate of drug-likeness (QED) is 0.405. The van der Waals surface area contributed by atoms with E-state index in [-0.39, 0.29) is 0 Å². The maximum Gasteiger partial charge on any atom is 0.160 e. The molecule has 0 amide bonds. The highest BCUT2D eigenvalue weighted by atomic mass is 32.1. The van der Waals surface area contributed by atoms with E-state index in [4.69, 9.17) is 0 Å². The van der Waals surface area contributed by atoms with E-state index in [0.717, 1.165) is 35.5 Å². The average Bonchev–Trinajstić information content (AvgIpc) is 2.59. The third-order valence-electron chi connectivity index (χ3n) is 4.37. The van der Waals surface area contributed by atoms with Gasteiger partial charge in [0.25, 0.3) is 0 Å². The van der Waals surface area contributed by atoms with Crippen molar-refractivity contribution in [3.8, 4) is 11.4 Å². The normalized spacial score (nSPS) is 11.0. The summed E-state index contributed by atoms with van der Waals surface area (Å²) in [5, 5.41) is 0. The molecule has 130 valence electrons. The van der Waals surface area contributed by atoms with Crippen LogP contribution in [-0.2, 0) is 12.8 Å². The standard InChI is InChI=1S/C21H30N2S/c1-3-5-6-7-8-9-11-17-12-13-19(20(24)14-17)21-22-15-18(10-4-2)16-23-21/h12-16,24H,3-11H2,1-2H3. The Morgan fingerprint density at radius 2 is 1.50 bits per heavy atom. The summed E-state index contributed by atoms with van der Waals surface area (Å²) < 4.78 is 0. The molecule has 0 aliphatic heterocycles. The zero-order chi connectivity index (χ0) is 17.2. The van der Waals surface area contributed by atoms with Crippen LogP contribution < -0.4 is 0 Å².